The molecule has 0 saturated heterocycles. The van der Waals surface area contributed by atoms with Crippen molar-refractivity contribution in [2.45, 2.75) is 6.54 Å². The summed E-state index contributed by atoms with van der Waals surface area (Å²) < 4.78 is 13.0. The average Bonchev–Trinajstić information content (AvgIpc) is 2.42. The summed E-state index contributed by atoms with van der Waals surface area (Å²) in [6, 6.07) is 7.18. The van der Waals surface area contributed by atoms with E-state index in [0.29, 0.717) is 5.56 Å². The molecule has 0 saturated carbocycles. The molecule has 1 amide bonds. The Morgan fingerprint density at radius 3 is 2.70 bits per heavy atom. The van der Waals surface area contributed by atoms with Crippen LogP contribution >= 0.6 is 23.2 Å². The van der Waals surface area contributed by atoms with E-state index in [1.807, 2.05) is 0 Å². The first-order valence-electron chi connectivity index (χ1n) is 5.61. The molecule has 0 spiro atoms. The zero-order valence-electron chi connectivity index (χ0n) is 10.2. The van der Waals surface area contributed by atoms with Gasteiger partial charge in [-0.05, 0) is 29.8 Å². The molecule has 0 radical (unpaired) electrons. The molecule has 20 heavy (non-hydrogen) atoms. The van der Waals surface area contributed by atoms with Crippen LogP contribution < -0.4 is 11.1 Å². The van der Waals surface area contributed by atoms with Crippen LogP contribution in [0.2, 0.25) is 10.0 Å². The quantitative estimate of drug-likeness (QED) is 0.915. The first kappa shape index (κ1) is 14.6. The number of nitrogens with zero attached hydrogens (tertiary/aromatic N) is 1. The van der Waals surface area contributed by atoms with Gasteiger partial charge in [0.05, 0.1) is 10.0 Å². The van der Waals surface area contributed by atoms with Crippen LogP contribution in [-0.4, -0.2) is 10.9 Å². The van der Waals surface area contributed by atoms with Gasteiger partial charge in [-0.3, -0.25) is 4.79 Å². The standard InChI is InChI=1S/C13H10Cl2FN3O/c14-8-2-4-11(17)19-12(8)13(20)18-6-7-1-3-10(16)9(15)5-7/h1-5H,6H2,(H2,17,19)(H,18,20). The van der Waals surface area contributed by atoms with Crippen molar-refractivity contribution in [3.8, 4) is 0 Å². The number of benzene rings is 1. The Labute approximate surface area is 124 Å². The van der Waals surface area contributed by atoms with Gasteiger partial charge in [0.25, 0.3) is 5.91 Å². The van der Waals surface area contributed by atoms with Gasteiger partial charge in [0.1, 0.15) is 17.3 Å². The van der Waals surface area contributed by atoms with E-state index >= 15 is 0 Å². The molecule has 0 fully saturated rings. The van der Waals surface area contributed by atoms with Crippen LogP contribution in [0.25, 0.3) is 0 Å². The average molecular weight is 314 g/mol. The van der Waals surface area contributed by atoms with Crippen molar-refractivity contribution in [3.05, 3.63) is 57.5 Å². The second-order valence-corrected chi connectivity index (χ2v) is 4.81. The molecule has 4 nitrogen and oxygen atoms in total. The van der Waals surface area contributed by atoms with Crippen LogP contribution in [0.3, 0.4) is 0 Å². The highest BCUT2D eigenvalue weighted by atomic mass is 35.5. The fourth-order valence-corrected chi connectivity index (χ4v) is 1.93. The molecule has 1 aromatic heterocycles. The number of aromatic nitrogens is 1. The van der Waals surface area contributed by atoms with Gasteiger partial charge in [-0.2, -0.15) is 0 Å². The lowest BCUT2D eigenvalue weighted by Gasteiger charge is -2.07. The molecule has 2 rings (SSSR count). The molecule has 3 N–H and O–H groups in total. The molecule has 0 aliphatic rings. The fourth-order valence-electron chi connectivity index (χ4n) is 1.53. The molecule has 0 aliphatic heterocycles. The molecule has 2 aromatic rings. The van der Waals surface area contributed by atoms with Crippen molar-refractivity contribution in [1.82, 2.24) is 10.3 Å². The van der Waals surface area contributed by atoms with Crippen molar-refractivity contribution >= 4 is 34.9 Å². The molecule has 1 heterocycles. The minimum atomic E-state index is -0.512. The summed E-state index contributed by atoms with van der Waals surface area (Å²) in [6.07, 6.45) is 0. The second-order valence-electron chi connectivity index (χ2n) is 4.00. The van der Waals surface area contributed by atoms with Gasteiger partial charge in [-0.15, -0.1) is 0 Å². The summed E-state index contributed by atoms with van der Waals surface area (Å²) in [5.41, 5.74) is 6.20. The molecule has 0 bridgehead atoms. The number of rotatable bonds is 3. The largest absolute Gasteiger partial charge is 0.384 e. The SMILES string of the molecule is Nc1ccc(Cl)c(C(=O)NCc2ccc(F)c(Cl)c2)n1. The highest BCUT2D eigenvalue weighted by Gasteiger charge is 2.12. The Bertz CT molecular complexity index is 664. The molecule has 0 unspecified atom stereocenters. The lowest BCUT2D eigenvalue weighted by atomic mass is 10.2. The number of nitrogen functional groups attached to an aromatic ring is 1. The van der Waals surface area contributed by atoms with Crippen LogP contribution in [0.15, 0.2) is 30.3 Å². The number of carbonyl (C=O) groups excluding carboxylic acids is 1. The summed E-state index contributed by atoms with van der Waals surface area (Å²) in [4.78, 5) is 15.8. The molecule has 1 aromatic carbocycles. The first-order valence-corrected chi connectivity index (χ1v) is 6.37. The van der Waals surface area contributed by atoms with Crippen LogP contribution in [-0.2, 0) is 6.54 Å². The number of halogens is 3. The monoisotopic (exact) mass is 313 g/mol. The third-order valence-corrected chi connectivity index (χ3v) is 3.11. The topological polar surface area (TPSA) is 68.0 Å². The van der Waals surface area contributed by atoms with Gasteiger partial charge in [0, 0.05) is 6.54 Å². The number of anilines is 1. The van der Waals surface area contributed by atoms with E-state index in [-0.39, 0.29) is 28.1 Å². The summed E-state index contributed by atoms with van der Waals surface area (Å²) in [6.45, 7) is 0.172. The maximum absolute atomic E-state index is 13.0. The Hall–Kier alpha value is -1.85. The fraction of sp³-hybridized carbons (Fsp3) is 0.0769. The van der Waals surface area contributed by atoms with Crippen LogP contribution in [0.4, 0.5) is 10.2 Å². The maximum atomic E-state index is 13.0. The van der Waals surface area contributed by atoms with E-state index in [9.17, 15) is 9.18 Å². The van der Waals surface area contributed by atoms with Gasteiger partial charge in [0.15, 0.2) is 0 Å². The van der Waals surface area contributed by atoms with Crippen LogP contribution in [0.1, 0.15) is 16.1 Å². The van der Waals surface area contributed by atoms with Gasteiger partial charge in [-0.1, -0.05) is 29.3 Å². The Kier molecular flexibility index (Phi) is 4.42. The minimum Gasteiger partial charge on any atom is -0.384 e. The number of nitrogens with two attached hydrogens (primary N) is 1. The van der Waals surface area contributed by atoms with Gasteiger partial charge >= 0.3 is 0 Å². The smallest absolute Gasteiger partial charge is 0.271 e. The molecular weight excluding hydrogens is 304 g/mol. The Balaban J connectivity index is 2.08. The number of nitrogens with one attached hydrogen (secondary N) is 1. The third-order valence-electron chi connectivity index (χ3n) is 2.52. The van der Waals surface area contributed by atoms with Crippen LogP contribution in [0.5, 0.6) is 0 Å². The third kappa shape index (κ3) is 3.37. The number of hydrogen-bond donors (Lipinski definition) is 2. The number of pyridine rings is 1. The molecular formula is C13H10Cl2FN3O. The van der Waals surface area contributed by atoms with Gasteiger partial charge < -0.3 is 11.1 Å². The van der Waals surface area contributed by atoms with Crippen molar-refractivity contribution in [1.29, 1.82) is 0 Å². The van der Waals surface area contributed by atoms with E-state index in [2.05, 4.69) is 10.3 Å². The zero-order chi connectivity index (χ0) is 14.7. The van der Waals surface area contributed by atoms with E-state index in [1.165, 1.54) is 30.3 Å². The normalized spacial score (nSPS) is 10.3. The first-order chi connectivity index (χ1) is 9.47. The zero-order valence-corrected chi connectivity index (χ0v) is 11.7. The Morgan fingerprint density at radius 2 is 2.00 bits per heavy atom. The summed E-state index contributed by atoms with van der Waals surface area (Å²) in [5.74, 6) is -0.783. The van der Waals surface area contributed by atoms with Gasteiger partial charge in [-0.25, -0.2) is 9.37 Å². The second kappa shape index (κ2) is 6.07. The van der Waals surface area contributed by atoms with Gasteiger partial charge in [0.2, 0.25) is 0 Å². The van der Waals surface area contributed by atoms with Crippen molar-refractivity contribution in [2.24, 2.45) is 0 Å². The molecule has 7 heteroatoms. The minimum absolute atomic E-state index is 0.00291. The van der Waals surface area contributed by atoms with E-state index < -0.39 is 11.7 Å². The van der Waals surface area contributed by atoms with Crippen molar-refractivity contribution in [2.75, 3.05) is 5.73 Å². The number of hydrogen-bond acceptors (Lipinski definition) is 3. The van der Waals surface area contributed by atoms with E-state index in [4.69, 9.17) is 28.9 Å². The lowest BCUT2D eigenvalue weighted by molar-refractivity contribution is 0.0946. The predicted molar refractivity (Wildman–Crippen MR) is 76.2 cm³/mol. The number of amides is 1. The van der Waals surface area contributed by atoms with E-state index in [1.54, 1.807) is 0 Å². The molecule has 104 valence electrons. The highest BCUT2D eigenvalue weighted by molar-refractivity contribution is 6.33. The summed E-state index contributed by atoms with van der Waals surface area (Å²) in [5, 5.41) is 2.81. The molecule has 0 aliphatic carbocycles. The Morgan fingerprint density at radius 1 is 1.25 bits per heavy atom. The lowest BCUT2D eigenvalue weighted by Crippen LogP contribution is -2.24. The van der Waals surface area contributed by atoms with Crippen molar-refractivity contribution < 1.29 is 9.18 Å². The predicted octanol–water partition coefficient (Wildman–Crippen LogP) is 3.04. The molecule has 0 atom stereocenters. The number of carbonyl (C=O) groups is 1. The summed E-state index contributed by atoms with van der Waals surface area (Å²) >= 11 is 11.5. The van der Waals surface area contributed by atoms with E-state index in [0.717, 1.165) is 0 Å². The maximum Gasteiger partial charge on any atom is 0.271 e. The van der Waals surface area contributed by atoms with Crippen LogP contribution in [0, 0.1) is 5.82 Å². The summed E-state index contributed by atoms with van der Waals surface area (Å²) in [7, 11) is 0. The van der Waals surface area contributed by atoms with Crippen molar-refractivity contribution in [3.63, 3.8) is 0 Å². The highest BCUT2D eigenvalue weighted by Crippen LogP contribution is 2.17.